The molecule has 1 aromatic carbocycles. The van der Waals surface area contributed by atoms with Crippen LogP contribution in [0.15, 0.2) is 12.1 Å². The van der Waals surface area contributed by atoms with Gasteiger partial charge >= 0.3 is 0 Å². The number of nitrogens with two attached hydrogens (primary N) is 1. The van der Waals surface area contributed by atoms with Crippen LogP contribution in [0.5, 0.6) is 0 Å². The summed E-state index contributed by atoms with van der Waals surface area (Å²) in [6.07, 6.45) is 4.18. The van der Waals surface area contributed by atoms with Gasteiger partial charge in [-0.1, -0.05) is 25.3 Å². The largest absolute Gasteiger partial charge is 0.271 e. The van der Waals surface area contributed by atoms with Crippen molar-refractivity contribution in [1.82, 2.24) is 5.43 Å². The Kier molecular flexibility index (Phi) is 3.74. The summed E-state index contributed by atoms with van der Waals surface area (Å²) in [6.45, 7) is 1.63. The SMILES string of the molecule is Cc1ccc(F)c(C(CC2CCC2)NN)c1F. The van der Waals surface area contributed by atoms with Crippen LogP contribution in [0.25, 0.3) is 0 Å². The molecular weight excluding hydrogens is 222 g/mol. The van der Waals surface area contributed by atoms with E-state index in [2.05, 4.69) is 5.43 Å². The van der Waals surface area contributed by atoms with E-state index in [0.717, 1.165) is 12.8 Å². The first-order valence-corrected chi connectivity index (χ1v) is 6.04. The van der Waals surface area contributed by atoms with Gasteiger partial charge in [-0.25, -0.2) is 8.78 Å². The Balaban J connectivity index is 2.25. The highest BCUT2D eigenvalue weighted by Crippen LogP contribution is 2.36. The van der Waals surface area contributed by atoms with Gasteiger partial charge in [-0.2, -0.15) is 0 Å². The molecular formula is C13H18F2N2. The van der Waals surface area contributed by atoms with Crippen LogP contribution < -0.4 is 11.3 Å². The lowest BCUT2D eigenvalue weighted by Crippen LogP contribution is -2.32. The van der Waals surface area contributed by atoms with Crippen molar-refractivity contribution in [2.24, 2.45) is 11.8 Å². The Morgan fingerprint density at radius 2 is 2.12 bits per heavy atom. The van der Waals surface area contributed by atoms with Gasteiger partial charge in [0.2, 0.25) is 0 Å². The molecule has 4 heteroatoms. The van der Waals surface area contributed by atoms with Crippen molar-refractivity contribution in [3.05, 3.63) is 34.9 Å². The number of nitrogens with one attached hydrogen (secondary N) is 1. The predicted molar refractivity (Wildman–Crippen MR) is 63.1 cm³/mol. The quantitative estimate of drug-likeness (QED) is 0.627. The minimum Gasteiger partial charge on any atom is -0.271 e. The van der Waals surface area contributed by atoms with Crippen molar-refractivity contribution < 1.29 is 8.78 Å². The molecule has 1 aromatic rings. The lowest BCUT2D eigenvalue weighted by atomic mass is 9.79. The molecule has 1 unspecified atom stereocenters. The number of rotatable bonds is 4. The third kappa shape index (κ3) is 2.48. The van der Waals surface area contributed by atoms with Crippen LogP contribution in [-0.4, -0.2) is 0 Å². The Labute approximate surface area is 100 Å². The molecule has 0 bridgehead atoms. The van der Waals surface area contributed by atoms with Gasteiger partial charge in [0.1, 0.15) is 11.6 Å². The van der Waals surface area contributed by atoms with Gasteiger partial charge in [0.15, 0.2) is 0 Å². The average Bonchev–Trinajstić information content (AvgIpc) is 2.26. The molecule has 0 spiro atoms. The summed E-state index contributed by atoms with van der Waals surface area (Å²) in [7, 11) is 0. The second kappa shape index (κ2) is 5.10. The van der Waals surface area contributed by atoms with Crippen LogP contribution in [-0.2, 0) is 0 Å². The van der Waals surface area contributed by atoms with E-state index < -0.39 is 17.7 Å². The Morgan fingerprint density at radius 3 is 2.65 bits per heavy atom. The van der Waals surface area contributed by atoms with Crippen LogP contribution >= 0.6 is 0 Å². The summed E-state index contributed by atoms with van der Waals surface area (Å²) < 4.78 is 27.6. The maximum atomic E-state index is 13.9. The van der Waals surface area contributed by atoms with Crippen LogP contribution in [0, 0.1) is 24.5 Å². The monoisotopic (exact) mass is 240 g/mol. The molecule has 0 saturated heterocycles. The van der Waals surface area contributed by atoms with E-state index in [1.165, 1.54) is 18.6 Å². The number of hydrogen-bond acceptors (Lipinski definition) is 2. The number of halogens is 2. The summed E-state index contributed by atoms with van der Waals surface area (Å²) in [5.41, 5.74) is 3.08. The summed E-state index contributed by atoms with van der Waals surface area (Å²) in [5.74, 6) is 4.98. The van der Waals surface area contributed by atoms with Gasteiger partial charge in [-0.3, -0.25) is 11.3 Å². The highest BCUT2D eigenvalue weighted by Gasteiger charge is 2.26. The molecule has 3 N–H and O–H groups in total. The topological polar surface area (TPSA) is 38.0 Å². The van der Waals surface area contributed by atoms with Gasteiger partial charge in [0.05, 0.1) is 6.04 Å². The fourth-order valence-electron chi connectivity index (χ4n) is 2.33. The fraction of sp³-hybridized carbons (Fsp3) is 0.538. The first-order valence-electron chi connectivity index (χ1n) is 6.04. The second-order valence-electron chi connectivity index (χ2n) is 4.84. The van der Waals surface area contributed by atoms with Crippen LogP contribution in [0.2, 0.25) is 0 Å². The number of benzene rings is 1. The molecule has 0 aromatic heterocycles. The van der Waals surface area contributed by atoms with E-state index in [9.17, 15) is 8.78 Å². The van der Waals surface area contributed by atoms with Crippen LogP contribution in [0.1, 0.15) is 42.9 Å². The maximum absolute atomic E-state index is 13.9. The third-order valence-corrected chi connectivity index (χ3v) is 3.66. The Morgan fingerprint density at radius 1 is 1.41 bits per heavy atom. The summed E-state index contributed by atoms with van der Waals surface area (Å²) >= 11 is 0. The minimum absolute atomic E-state index is 0.0828. The molecule has 0 heterocycles. The number of hydrogen-bond donors (Lipinski definition) is 2. The predicted octanol–water partition coefficient (Wildman–Crippen LogP) is 2.97. The van der Waals surface area contributed by atoms with E-state index in [1.807, 2.05) is 0 Å². The summed E-state index contributed by atoms with van der Waals surface area (Å²) in [6, 6.07) is 2.32. The fourth-order valence-corrected chi connectivity index (χ4v) is 2.33. The van der Waals surface area contributed by atoms with Crippen molar-refractivity contribution in [3.63, 3.8) is 0 Å². The normalized spacial score (nSPS) is 17.9. The Bertz CT molecular complexity index is 403. The summed E-state index contributed by atoms with van der Waals surface area (Å²) in [4.78, 5) is 0. The van der Waals surface area contributed by atoms with Gasteiger partial charge in [0, 0.05) is 5.56 Å². The van der Waals surface area contributed by atoms with E-state index in [4.69, 9.17) is 5.84 Å². The van der Waals surface area contributed by atoms with Gasteiger partial charge < -0.3 is 0 Å². The first kappa shape index (κ1) is 12.5. The average molecular weight is 240 g/mol. The van der Waals surface area contributed by atoms with Crippen molar-refractivity contribution in [1.29, 1.82) is 0 Å². The number of hydrazine groups is 1. The second-order valence-corrected chi connectivity index (χ2v) is 4.84. The lowest BCUT2D eigenvalue weighted by Gasteiger charge is -2.30. The van der Waals surface area contributed by atoms with Crippen molar-refractivity contribution in [3.8, 4) is 0 Å². The lowest BCUT2D eigenvalue weighted by molar-refractivity contribution is 0.257. The molecule has 0 aliphatic heterocycles. The standard InChI is InChI=1S/C13H18F2N2/c1-8-5-6-10(14)12(13(8)15)11(17-16)7-9-3-2-4-9/h5-6,9,11,17H,2-4,7,16H2,1H3. The molecule has 17 heavy (non-hydrogen) atoms. The van der Waals surface area contributed by atoms with Crippen LogP contribution in [0.3, 0.4) is 0 Å². The molecule has 2 nitrogen and oxygen atoms in total. The highest BCUT2D eigenvalue weighted by atomic mass is 19.1. The molecule has 0 radical (unpaired) electrons. The van der Waals surface area contributed by atoms with E-state index in [0.29, 0.717) is 17.9 Å². The Hall–Kier alpha value is -1.00. The van der Waals surface area contributed by atoms with E-state index >= 15 is 0 Å². The smallest absolute Gasteiger partial charge is 0.133 e. The molecule has 1 fully saturated rings. The third-order valence-electron chi connectivity index (χ3n) is 3.66. The van der Waals surface area contributed by atoms with Gasteiger partial charge in [0.25, 0.3) is 0 Å². The van der Waals surface area contributed by atoms with Gasteiger partial charge in [-0.05, 0) is 30.9 Å². The van der Waals surface area contributed by atoms with Crippen molar-refractivity contribution in [2.45, 2.75) is 38.6 Å². The molecule has 0 amide bonds. The minimum atomic E-state index is -0.518. The molecule has 1 aliphatic rings. The first-order chi connectivity index (χ1) is 8.13. The molecule has 2 rings (SSSR count). The zero-order valence-corrected chi connectivity index (χ0v) is 9.97. The summed E-state index contributed by atoms with van der Waals surface area (Å²) in [5, 5.41) is 0. The molecule has 1 saturated carbocycles. The van der Waals surface area contributed by atoms with Crippen molar-refractivity contribution in [2.75, 3.05) is 0 Å². The van der Waals surface area contributed by atoms with E-state index in [1.54, 1.807) is 6.92 Å². The molecule has 94 valence electrons. The van der Waals surface area contributed by atoms with E-state index in [-0.39, 0.29) is 5.56 Å². The number of aryl methyl sites for hydroxylation is 1. The van der Waals surface area contributed by atoms with Gasteiger partial charge in [-0.15, -0.1) is 0 Å². The highest BCUT2D eigenvalue weighted by molar-refractivity contribution is 5.29. The molecule has 1 aliphatic carbocycles. The zero-order valence-electron chi connectivity index (χ0n) is 9.97. The zero-order chi connectivity index (χ0) is 12.4. The van der Waals surface area contributed by atoms with Crippen LogP contribution in [0.4, 0.5) is 8.78 Å². The van der Waals surface area contributed by atoms with Crippen molar-refractivity contribution >= 4 is 0 Å². The maximum Gasteiger partial charge on any atom is 0.133 e. The molecule has 1 atom stereocenters.